The molecule has 2 aliphatic rings. The maximum Gasteiger partial charge on any atom is 0.303 e. The number of carboxylic acids is 1. The minimum Gasteiger partial charge on any atom is -0.481 e. The number of nitrogens with zero attached hydrogens (tertiary/aromatic N) is 2. The largest absolute Gasteiger partial charge is 0.481 e. The number of hydrogen-bond donors (Lipinski definition) is 1. The van der Waals surface area contributed by atoms with Crippen molar-refractivity contribution in [2.24, 2.45) is 0 Å². The Labute approximate surface area is 116 Å². The predicted octanol–water partition coefficient (Wildman–Crippen LogP) is 2.19. The summed E-state index contributed by atoms with van der Waals surface area (Å²) in [5, 5.41) is 8.96. The molecule has 0 radical (unpaired) electrons. The Hall–Kier alpha value is -0.610. The molecule has 1 saturated carbocycles. The van der Waals surface area contributed by atoms with Gasteiger partial charge in [0.25, 0.3) is 0 Å². The van der Waals surface area contributed by atoms with E-state index in [9.17, 15) is 4.79 Å². The third-order valence-electron chi connectivity index (χ3n) is 4.68. The molecule has 1 N–H and O–H groups in total. The van der Waals surface area contributed by atoms with E-state index in [4.69, 9.17) is 5.11 Å². The van der Waals surface area contributed by atoms with Crippen LogP contribution in [0.5, 0.6) is 0 Å². The van der Waals surface area contributed by atoms with Crippen molar-refractivity contribution in [2.75, 3.05) is 20.1 Å². The second kappa shape index (κ2) is 5.80. The topological polar surface area (TPSA) is 43.8 Å². The van der Waals surface area contributed by atoms with Crippen LogP contribution in [0.15, 0.2) is 0 Å². The van der Waals surface area contributed by atoms with E-state index in [0.29, 0.717) is 12.1 Å². The highest BCUT2D eigenvalue weighted by molar-refractivity contribution is 5.66. The molecule has 19 heavy (non-hydrogen) atoms. The van der Waals surface area contributed by atoms with Crippen LogP contribution in [0.3, 0.4) is 0 Å². The molecular formula is C15H28N2O2. The zero-order valence-electron chi connectivity index (χ0n) is 12.6. The molecular weight excluding hydrogens is 240 g/mol. The Balaban J connectivity index is 2.12. The highest BCUT2D eigenvalue weighted by Gasteiger charge is 2.42. The molecule has 2 fully saturated rings. The van der Waals surface area contributed by atoms with Crippen LogP contribution in [-0.2, 0) is 4.79 Å². The van der Waals surface area contributed by atoms with Gasteiger partial charge >= 0.3 is 5.97 Å². The minimum absolute atomic E-state index is 0.158. The van der Waals surface area contributed by atoms with E-state index in [1.54, 1.807) is 0 Å². The van der Waals surface area contributed by atoms with Crippen molar-refractivity contribution in [3.8, 4) is 0 Å². The van der Waals surface area contributed by atoms with Crippen molar-refractivity contribution >= 4 is 5.97 Å². The molecule has 4 nitrogen and oxygen atoms in total. The first-order valence-corrected chi connectivity index (χ1v) is 7.59. The second-order valence-corrected chi connectivity index (χ2v) is 6.94. The van der Waals surface area contributed by atoms with Crippen molar-refractivity contribution in [1.82, 2.24) is 9.80 Å². The number of hydrogen-bond acceptors (Lipinski definition) is 3. The monoisotopic (exact) mass is 268 g/mol. The summed E-state index contributed by atoms with van der Waals surface area (Å²) >= 11 is 0. The fraction of sp³-hybridized carbons (Fsp3) is 0.933. The molecule has 2 rings (SSSR count). The molecule has 1 heterocycles. The molecule has 1 atom stereocenters. The van der Waals surface area contributed by atoms with Gasteiger partial charge in [-0.15, -0.1) is 0 Å². The number of rotatable bonds is 4. The predicted molar refractivity (Wildman–Crippen MR) is 76.3 cm³/mol. The van der Waals surface area contributed by atoms with Crippen LogP contribution in [0.2, 0.25) is 0 Å². The summed E-state index contributed by atoms with van der Waals surface area (Å²) in [7, 11) is 2.15. The second-order valence-electron chi connectivity index (χ2n) is 6.94. The minimum atomic E-state index is -0.669. The van der Waals surface area contributed by atoms with Gasteiger partial charge in [-0.1, -0.05) is 12.8 Å². The molecule has 0 spiro atoms. The molecule has 0 amide bonds. The van der Waals surface area contributed by atoms with E-state index in [2.05, 4.69) is 30.7 Å². The molecule has 1 saturated heterocycles. The van der Waals surface area contributed by atoms with Crippen LogP contribution >= 0.6 is 0 Å². The van der Waals surface area contributed by atoms with Crippen molar-refractivity contribution < 1.29 is 9.90 Å². The third-order valence-corrected chi connectivity index (χ3v) is 4.68. The van der Waals surface area contributed by atoms with Gasteiger partial charge in [0.15, 0.2) is 0 Å². The lowest BCUT2D eigenvalue weighted by Gasteiger charge is -2.54. The first-order chi connectivity index (χ1) is 8.90. The van der Waals surface area contributed by atoms with Crippen LogP contribution < -0.4 is 0 Å². The quantitative estimate of drug-likeness (QED) is 0.849. The fourth-order valence-electron chi connectivity index (χ4n) is 4.24. The lowest BCUT2D eigenvalue weighted by molar-refractivity contribution is -0.138. The number of aliphatic carboxylic acids is 1. The summed E-state index contributed by atoms with van der Waals surface area (Å²) in [6.45, 7) is 6.71. The molecule has 0 aromatic rings. The van der Waals surface area contributed by atoms with Gasteiger partial charge in [-0.25, -0.2) is 0 Å². The van der Waals surface area contributed by atoms with Gasteiger partial charge in [0.2, 0.25) is 0 Å². The van der Waals surface area contributed by atoms with E-state index in [0.717, 1.165) is 19.5 Å². The Morgan fingerprint density at radius 3 is 2.53 bits per heavy atom. The van der Waals surface area contributed by atoms with Gasteiger partial charge in [0, 0.05) is 37.1 Å². The highest BCUT2D eigenvalue weighted by Crippen LogP contribution is 2.35. The van der Waals surface area contributed by atoms with Crippen LogP contribution in [0.25, 0.3) is 0 Å². The molecule has 0 aromatic carbocycles. The van der Waals surface area contributed by atoms with Crippen LogP contribution in [0, 0.1) is 0 Å². The summed E-state index contributed by atoms with van der Waals surface area (Å²) in [6, 6.07) is 1.07. The summed E-state index contributed by atoms with van der Waals surface area (Å²) in [5.74, 6) is -0.669. The van der Waals surface area contributed by atoms with Crippen LogP contribution in [0.4, 0.5) is 0 Å². The molecule has 1 aliphatic carbocycles. The molecule has 1 unspecified atom stereocenters. The highest BCUT2D eigenvalue weighted by atomic mass is 16.4. The van der Waals surface area contributed by atoms with E-state index in [-0.39, 0.29) is 12.0 Å². The van der Waals surface area contributed by atoms with Gasteiger partial charge in [-0.2, -0.15) is 0 Å². The summed E-state index contributed by atoms with van der Waals surface area (Å²) in [5.41, 5.74) is 0.158. The Kier molecular flexibility index (Phi) is 4.51. The average molecular weight is 268 g/mol. The van der Waals surface area contributed by atoms with Crippen molar-refractivity contribution in [1.29, 1.82) is 0 Å². The van der Waals surface area contributed by atoms with Gasteiger partial charge < -0.3 is 10.0 Å². The smallest absolute Gasteiger partial charge is 0.303 e. The van der Waals surface area contributed by atoms with E-state index < -0.39 is 5.97 Å². The molecule has 1 aliphatic heterocycles. The Bertz CT molecular complexity index is 324. The fourth-order valence-corrected chi connectivity index (χ4v) is 4.24. The average Bonchev–Trinajstić information content (AvgIpc) is 2.77. The van der Waals surface area contributed by atoms with Gasteiger partial charge in [0.1, 0.15) is 0 Å². The van der Waals surface area contributed by atoms with E-state index >= 15 is 0 Å². The zero-order chi connectivity index (χ0) is 14.0. The van der Waals surface area contributed by atoms with Crippen LogP contribution in [0.1, 0.15) is 52.4 Å². The van der Waals surface area contributed by atoms with Crippen molar-refractivity contribution in [2.45, 2.75) is 70.0 Å². The Morgan fingerprint density at radius 1 is 1.32 bits per heavy atom. The van der Waals surface area contributed by atoms with Crippen molar-refractivity contribution in [3.63, 3.8) is 0 Å². The summed E-state index contributed by atoms with van der Waals surface area (Å²) in [4.78, 5) is 15.9. The summed E-state index contributed by atoms with van der Waals surface area (Å²) in [6.07, 6.45) is 6.31. The van der Waals surface area contributed by atoms with Gasteiger partial charge in [0.05, 0.1) is 0 Å². The van der Waals surface area contributed by atoms with Gasteiger partial charge in [-0.05, 0) is 40.2 Å². The molecule has 4 heteroatoms. The first-order valence-electron chi connectivity index (χ1n) is 7.59. The summed E-state index contributed by atoms with van der Waals surface area (Å²) < 4.78 is 0. The number of piperazine rings is 1. The maximum atomic E-state index is 10.9. The third kappa shape index (κ3) is 3.48. The molecule has 110 valence electrons. The lowest BCUT2D eigenvalue weighted by Crippen LogP contribution is -2.65. The van der Waals surface area contributed by atoms with Gasteiger partial charge in [-0.3, -0.25) is 9.69 Å². The number of carboxylic acid groups (broad SMARTS) is 1. The molecule has 0 bridgehead atoms. The first kappa shape index (κ1) is 14.8. The molecule has 0 aromatic heterocycles. The number of carbonyl (C=O) groups is 1. The zero-order valence-corrected chi connectivity index (χ0v) is 12.6. The normalized spacial score (nSPS) is 29.7. The SMILES string of the molecule is CN1CC(CCC(=O)O)N(C2CCCC2)C(C)(C)C1. The van der Waals surface area contributed by atoms with E-state index in [1.807, 2.05) is 0 Å². The van der Waals surface area contributed by atoms with E-state index in [1.165, 1.54) is 25.7 Å². The lowest BCUT2D eigenvalue weighted by atomic mass is 9.90. The standard InChI is InChI=1S/C15H28N2O2/c1-15(2)11-16(3)10-13(8-9-14(18)19)17(15)12-6-4-5-7-12/h12-13H,4-11H2,1-3H3,(H,18,19). The number of likely N-dealkylation sites (N-methyl/N-ethyl adjacent to an activating group) is 1. The Morgan fingerprint density at radius 2 is 1.95 bits per heavy atom. The maximum absolute atomic E-state index is 10.9. The van der Waals surface area contributed by atoms with Crippen molar-refractivity contribution in [3.05, 3.63) is 0 Å². The van der Waals surface area contributed by atoms with Crippen LogP contribution in [-0.4, -0.2) is 58.6 Å².